The quantitative estimate of drug-likeness (QED) is 0.916. The van der Waals surface area contributed by atoms with Crippen molar-refractivity contribution in [3.63, 3.8) is 0 Å². The first-order valence-corrected chi connectivity index (χ1v) is 6.93. The van der Waals surface area contributed by atoms with Crippen molar-refractivity contribution in [3.05, 3.63) is 27.7 Å². The molecule has 0 saturated heterocycles. The fourth-order valence-electron chi connectivity index (χ4n) is 2.85. The van der Waals surface area contributed by atoms with Crippen LogP contribution in [0.3, 0.4) is 0 Å². The lowest BCUT2D eigenvalue weighted by Gasteiger charge is -2.22. The zero-order valence-electron chi connectivity index (χ0n) is 10.9. The van der Waals surface area contributed by atoms with Gasteiger partial charge in [-0.15, -0.1) is 0 Å². The summed E-state index contributed by atoms with van der Waals surface area (Å²) < 4.78 is 6.96. The molecular weight excluding hydrogens is 278 g/mol. The molecule has 0 amide bonds. The zero-order valence-corrected chi connectivity index (χ0v) is 12.5. The van der Waals surface area contributed by atoms with Gasteiger partial charge in [-0.2, -0.15) is 0 Å². The third kappa shape index (κ3) is 2.11. The molecule has 0 bridgehead atoms. The van der Waals surface area contributed by atoms with Gasteiger partial charge in [-0.3, -0.25) is 0 Å². The van der Waals surface area contributed by atoms with E-state index in [2.05, 4.69) is 47.2 Å². The smallest absolute Gasteiger partial charge is 0.123 e. The van der Waals surface area contributed by atoms with Crippen LogP contribution in [0, 0.1) is 0 Å². The summed E-state index contributed by atoms with van der Waals surface area (Å²) in [5, 5.41) is 3.40. The molecule has 0 spiro atoms. The average Bonchev–Trinajstić information content (AvgIpc) is 2.56. The Morgan fingerprint density at radius 1 is 1.47 bits per heavy atom. The fourth-order valence-corrected chi connectivity index (χ4v) is 3.46. The average molecular weight is 298 g/mol. The van der Waals surface area contributed by atoms with E-state index in [0.29, 0.717) is 12.6 Å². The van der Waals surface area contributed by atoms with Crippen LogP contribution in [0.25, 0.3) is 0 Å². The third-order valence-electron chi connectivity index (χ3n) is 3.54. The first-order valence-electron chi connectivity index (χ1n) is 6.14. The Labute approximate surface area is 112 Å². The predicted molar refractivity (Wildman–Crippen MR) is 74.8 cm³/mol. The first kappa shape index (κ1) is 12.9. The van der Waals surface area contributed by atoms with Crippen molar-refractivity contribution in [2.75, 3.05) is 13.7 Å². The maximum atomic E-state index is 5.78. The molecular formula is C14H20BrNO. The van der Waals surface area contributed by atoms with Gasteiger partial charge in [0.2, 0.25) is 0 Å². The Bertz CT molecular complexity index is 428. The summed E-state index contributed by atoms with van der Waals surface area (Å²) in [4.78, 5) is 0. The summed E-state index contributed by atoms with van der Waals surface area (Å²) in [5.41, 5.74) is 2.88. The van der Waals surface area contributed by atoms with E-state index in [4.69, 9.17) is 4.74 Å². The van der Waals surface area contributed by atoms with Crippen LogP contribution in [0.15, 0.2) is 16.6 Å². The van der Waals surface area contributed by atoms with E-state index in [-0.39, 0.29) is 5.41 Å². The van der Waals surface area contributed by atoms with Gasteiger partial charge in [-0.1, -0.05) is 29.8 Å². The highest BCUT2D eigenvalue weighted by atomic mass is 79.9. The molecule has 1 unspecified atom stereocenters. The van der Waals surface area contributed by atoms with Crippen molar-refractivity contribution in [2.45, 2.75) is 38.6 Å². The Balaban J connectivity index is 2.61. The fraction of sp³-hybridized carbons (Fsp3) is 0.571. The molecule has 1 aliphatic rings. The summed E-state index contributed by atoms with van der Waals surface area (Å²) in [6.07, 6.45) is 1.11. The summed E-state index contributed by atoms with van der Waals surface area (Å²) in [7, 11) is 2.02. The lowest BCUT2D eigenvalue weighted by atomic mass is 9.86. The standard InChI is InChI=1S/C14H20BrNO/c1-5-17-11-7-6-9(15)12-10(16-4)8-14(2,3)13(11)12/h6-7,10,16H,5,8H2,1-4H3. The molecule has 0 saturated carbocycles. The van der Waals surface area contributed by atoms with E-state index >= 15 is 0 Å². The van der Waals surface area contributed by atoms with Crippen LogP contribution in [0.5, 0.6) is 5.75 Å². The molecule has 17 heavy (non-hydrogen) atoms. The molecule has 2 rings (SSSR count). The second kappa shape index (κ2) is 4.62. The third-order valence-corrected chi connectivity index (χ3v) is 4.23. The Hall–Kier alpha value is -0.540. The maximum Gasteiger partial charge on any atom is 0.123 e. The molecule has 1 aromatic carbocycles. The van der Waals surface area contributed by atoms with Gasteiger partial charge in [0.25, 0.3) is 0 Å². The minimum Gasteiger partial charge on any atom is -0.494 e. The van der Waals surface area contributed by atoms with Crippen LogP contribution < -0.4 is 10.1 Å². The van der Waals surface area contributed by atoms with Crippen molar-refractivity contribution >= 4 is 15.9 Å². The maximum absolute atomic E-state index is 5.78. The van der Waals surface area contributed by atoms with Gasteiger partial charge < -0.3 is 10.1 Å². The molecule has 0 aliphatic heterocycles. The van der Waals surface area contributed by atoms with Crippen molar-refractivity contribution in [1.29, 1.82) is 0 Å². The molecule has 94 valence electrons. The number of rotatable bonds is 3. The molecule has 0 radical (unpaired) electrons. The number of hydrogen-bond acceptors (Lipinski definition) is 2. The van der Waals surface area contributed by atoms with Gasteiger partial charge in [0.05, 0.1) is 6.61 Å². The van der Waals surface area contributed by atoms with Crippen LogP contribution in [0.4, 0.5) is 0 Å². The monoisotopic (exact) mass is 297 g/mol. The lowest BCUT2D eigenvalue weighted by molar-refractivity contribution is 0.328. The second-order valence-electron chi connectivity index (χ2n) is 5.20. The number of hydrogen-bond donors (Lipinski definition) is 1. The number of nitrogens with one attached hydrogen (secondary N) is 1. The highest BCUT2D eigenvalue weighted by molar-refractivity contribution is 9.10. The van der Waals surface area contributed by atoms with Gasteiger partial charge >= 0.3 is 0 Å². The Morgan fingerprint density at radius 2 is 2.18 bits per heavy atom. The highest BCUT2D eigenvalue weighted by Crippen LogP contribution is 2.51. The van der Waals surface area contributed by atoms with Gasteiger partial charge in [-0.25, -0.2) is 0 Å². The van der Waals surface area contributed by atoms with Gasteiger partial charge in [0.15, 0.2) is 0 Å². The minimum atomic E-state index is 0.164. The number of halogens is 1. The van der Waals surface area contributed by atoms with E-state index in [1.807, 2.05) is 14.0 Å². The van der Waals surface area contributed by atoms with Gasteiger partial charge in [0.1, 0.15) is 5.75 Å². The second-order valence-corrected chi connectivity index (χ2v) is 6.05. The molecule has 2 nitrogen and oxygen atoms in total. The minimum absolute atomic E-state index is 0.164. The predicted octanol–water partition coefficient (Wildman–Crippen LogP) is 3.79. The topological polar surface area (TPSA) is 21.3 Å². The Kier molecular flexibility index (Phi) is 3.50. The molecule has 0 aromatic heterocycles. The van der Waals surface area contributed by atoms with Crippen molar-refractivity contribution < 1.29 is 4.74 Å². The van der Waals surface area contributed by atoms with E-state index in [9.17, 15) is 0 Å². The summed E-state index contributed by atoms with van der Waals surface area (Å²) in [6, 6.07) is 4.58. The molecule has 3 heteroatoms. The van der Waals surface area contributed by atoms with Crippen molar-refractivity contribution in [3.8, 4) is 5.75 Å². The zero-order chi connectivity index (χ0) is 12.6. The molecule has 0 heterocycles. The van der Waals surface area contributed by atoms with E-state index < -0.39 is 0 Å². The van der Waals surface area contributed by atoms with Crippen molar-refractivity contribution in [1.82, 2.24) is 5.32 Å². The molecule has 1 aliphatic carbocycles. The first-order chi connectivity index (χ1) is 8.01. The SMILES string of the molecule is CCOc1ccc(Br)c2c1C(C)(C)CC2NC. The largest absolute Gasteiger partial charge is 0.494 e. The number of fused-ring (bicyclic) bond motifs is 1. The summed E-state index contributed by atoms with van der Waals surface area (Å²) >= 11 is 3.67. The summed E-state index contributed by atoms with van der Waals surface area (Å²) in [5.74, 6) is 1.04. The number of ether oxygens (including phenoxy) is 1. The van der Waals surface area contributed by atoms with Crippen LogP contribution in [0.2, 0.25) is 0 Å². The summed E-state index contributed by atoms with van der Waals surface area (Å²) in [6.45, 7) is 7.33. The molecule has 1 N–H and O–H groups in total. The lowest BCUT2D eigenvalue weighted by Crippen LogP contribution is -2.17. The van der Waals surface area contributed by atoms with Crippen LogP contribution in [-0.4, -0.2) is 13.7 Å². The Morgan fingerprint density at radius 3 is 2.76 bits per heavy atom. The van der Waals surface area contributed by atoms with Crippen LogP contribution in [-0.2, 0) is 5.41 Å². The molecule has 1 atom stereocenters. The van der Waals surface area contributed by atoms with Gasteiger partial charge in [-0.05, 0) is 43.5 Å². The van der Waals surface area contributed by atoms with E-state index in [1.165, 1.54) is 15.6 Å². The van der Waals surface area contributed by atoms with Crippen LogP contribution >= 0.6 is 15.9 Å². The van der Waals surface area contributed by atoms with Crippen LogP contribution in [0.1, 0.15) is 44.4 Å². The van der Waals surface area contributed by atoms with Gasteiger partial charge in [0, 0.05) is 16.1 Å². The highest BCUT2D eigenvalue weighted by Gasteiger charge is 2.40. The van der Waals surface area contributed by atoms with Crippen molar-refractivity contribution in [2.24, 2.45) is 0 Å². The number of benzene rings is 1. The molecule has 1 aromatic rings. The normalized spacial score (nSPS) is 21.4. The van der Waals surface area contributed by atoms with E-state index in [0.717, 1.165) is 12.2 Å². The molecule has 0 fully saturated rings. The van der Waals surface area contributed by atoms with E-state index in [1.54, 1.807) is 0 Å².